The summed E-state index contributed by atoms with van der Waals surface area (Å²) < 4.78 is 69.6. The minimum Gasteiger partial charge on any atom is 1.00 e. The minimum atomic E-state index is -13.3. The van der Waals surface area contributed by atoms with Gasteiger partial charge in [0.1, 0.15) is 0 Å². The average molecular weight is 240 g/mol. The third-order valence-electron chi connectivity index (χ3n) is 0. The van der Waals surface area contributed by atoms with Gasteiger partial charge in [-0.15, -0.1) is 0 Å². The maximum absolute atomic E-state index is 13.3. The Morgan fingerprint density at radius 2 is 0.500 bits per heavy atom. The van der Waals surface area contributed by atoms with Gasteiger partial charge in [-0.2, -0.15) is 0 Å². The summed E-state index contributed by atoms with van der Waals surface area (Å²) in [7, 11) is 0. The molecule has 10 heavy (non-hydrogen) atoms. The molecule has 0 heterocycles. The molecule has 0 unspecified atom stereocenters. The van der Waals surface area contributed by atoms with Crippen LogP contribution in [0.5, 0.6) is 0 Å². The zero-order valence-electron chi connectivity index (χ0n) is 5.09. The summed E-state index contributed by atoms with van der Waals surface area (Å²) in [5, 5.41) is 0. The van der Waals surface area contributed by atoms with Gasteiger partial charge in [0, 0.05) is 0 Å². The molecule has 0 saturated carbocycles. The van der Waals surface area contributed by atoms with Crippen molar-refractivity contribution >= 4 is 0 Å². The summed E-state index contributed by atoms with van der Waals surface area (Å²) in [4.78, 5) is 0. The Labute approximate surface area is 75.6 Å². The van der Waals surface area contributed by atoms with Crippen molar-refractivity contribution in [2.45, 2.75) is 0 Å². The van der Waals surface area contributed by atoms with Crippen molar-refractivity contribution in [3.8, 4) is 0 Å². The van der Waals surface area contributed by atoms with Gasteiger partial charge in [0.25, 0.3) is 0 Å². The molecule has 0 aromatic heterocycles. The first-order valence-corrected chi connectivity index (χ1v) is 7.00. The topological polar surface area (TPSA) is 0 Å². The van der Waals surface area contributed by atoms with Crippen LogP contribution in [0, 0.1) is 0 Å². The van der Waals surface area contributed by atoms with Crippen LogP contribution in [-0.2, 0) is 17.0 Å². The second-order valence-corrected chi connectivity index (χ2v) is 7.94. The van der Waals surface area contributed by atoms with Crippen LogP contribution in [0.1, 0.15) is 0 Å². The van der Waals surface area contributed by atoms with Crippen molar-refractivity contribution in [2.75, 3.05) is 0 Å². The van der Waals surface area contributed by atoms with Crippen molar-refractivity contribution in [1.82, 2.24) is 0 Å². The maximum atomic E-state index is 9.94. The van der Waals surface area contributed by atoms with Crippen LogP contribution in [0.25, 0.3) is 0 Å². The molecular weight excluding hydrogens is 240 g/mol. The molecular formula is F7Li2Nb. The molecule has 0 saturated heterocycles. The second-order valence-electron chi connectivity index (χ2n) is 1.34. The molecule has 0 aromatic carbocycles. The monoisotopic (exact) mass is 240 g/mol. The van der Waals surface area contributed by atoms with Gasteiger partial charge in [-0.3, -0.25) is 0 Å². The third kappa shape index (κ3) is 323. The SMILES string of the molecule is [F][Nb-2]([F])([F])([F])([F])([F])[F].[Li+].[Li+]. The number of hydrogen-bond donors (Lipinski definition) is 0. The zero-order chi connectivity index (χ0) is 7.38. The van der Waals surface area contributed by atoms with Crippen molar-refractivity contribution in [3.05, 3.63) is 0 Å². The van der Waals surface area contributed by atoms with Crippen molar-refractivity contribution in [3.63, 3.8) is 0 Å². The summed E-state index contributed by atoms with van der Waals surface area (Å²) in [6.45, 7) is 0. The van der Waals surface area contributed by atoms with E-state index in [1.165, 1.54) is 0 Å². The molecule has 0 atom stereocenters. The number of halogens is 7. The van der Waals surface area contributed by atoms with Gasteiger partial charge in [-0.1, -0.05) is 0 Å². The van der Waals surface area contributed by atoms with Crippen molar-refractivity contribution < 1.29 is 75.9 Å². The van der Waals surface area contributed by atoms with Crippen LogP contribution in [0.3, 0.4) is 0 Å². The van der Waals surface area contributed by atoms with E-state index < -0.39 is 17.0 Å². The molecule has 0 aliphatic carbocycles. The standard InChI is InChI=1S/7FH.2Li.Nb/h7*1H;;;/q;;;;;;;2*+1;+5/p-7. The van der Waals surface area contributed by atoms with E-state index in [9.17, 15) is 21.2 Å². The predicted molar refractivity (Wildman–Crippen MR) is 7.76 cm³/mol. The van der Waals surface area contributed by atoms with Crippen LogP contribution in [0.15, 0.2) is 0 Å². The van der Waals surface area contributed by atoms with E-state index in [1.807, 2.05) is 0 Å². The van der Waals surface area contributed by atoms with E-state index in [0.717, 1.165) is 0 Å². The minimum absolute atomic E-state index is 0. The average Bonchev–Trinajstić information content (AvgIpc) is 0.544. The van der Waals surface area contributed by atoms with Gasteiger partial charge < -0.3 is 0 Å². The first kappa shape index (κ1) is 17.5. The molecule has 0 aromatic rings. The number of hydrogen-bond acceptors (Lipinski definition) is 0. The Kier molecular flexibility index (Phi) is 3.24. The van der Waals surface area contributed by atoms with Gasteiger partial charge >= 0.3 is 75.9 Å². The van der Waals surface area contributed by atoms with Crippen molar-refractivity contribution in [2.24, 2.45) is 0 Å². The summed E-state index contributed by atoms with van der Waals surface area (Å²) in [6.07, 6.45) is 0. The summed E-state index contributed by atoms with van der Waals surface area (Å²) >= 11 is -13.3. The van der Waals surface area contributed by atoms with Gasteiger partial charge in [0.05, 0.1) is 0 Å². The maximum Gasteiger partial charge on any atom is 1.00 e. The third-order valence-corrected chi connectivity index (χ3v) is 0. The van der Waals surface area contributed by atoms with E-state index in [1.54, 1.807) is 0 Å². The van der Waals surface area contributed by atoms with E-state index in [-0.39, 0.29) is 37.7 Å². The quantitative estimate of drug-likeness (QED) is 0.311. The molecule has 0 bridgehead atoms. The first-order chi connectivity index (χ1) is 2.65. The van der Waals surface area contributed by atoms with Crippen LogP contribution >= 0.6 is 0 Å². The number of rotatable bonds is 0. The second kappa shape index (κ2) is 1.85. The fourth-order valence-corrected chi connectivity index (χ4v) is 0. The fraction of sp³-hybridized carbons (Fsp3) is 0. The van der Waals surface area contributed by atoms with E-state index in [0.29, 0.717) is 0 Å². The largest absolute Gasteiger partial charge is 1.00 e. The zero-order valence-corrected chi connectivity index (χ0v) is 7.29. The Morgan fingerprint density at radius 1 is 0.500 bits per heavy atom. The van der Waals surface area contributed by atoms with Crippen LogP contribution in [0.4, 0.5) is 21.2 Å². The molecule has 10 heteroatoms. The smallest absolute Gasteiger partial charge is 1.00 e. The summed E-state index contributed by atoms with van der Waals surface area (Å²) in [5.41, 5.74) is 0. The Hall–Kier alpha value is 1.45. The van der Waals surface area contributed by atoms with Gasteiger partial charge in [0.2, 0.25) is 0 Å². The van der Waals surface area contributed by atoms with Crippen molar-refractivity contribution in [1.29, 1.82) is 0 Å². The molecule has 0 aliphatic rings. The molecule has 0 fully saturated rings. The molecule has 0 rings (SSSR count). The summed E-state index contributed by atoms with van der Waals surface area (Å²) in [5.74, 6) is 0. The van der Waals surface area contributed by atoms with E-state index in [4.69, 9.17) is 0 Å². The fourth-order valence-electron chi connectivity index (χ4n) is 0. The molecule has 0 nitrogen and oxygen atoms in total. The van der Waals surface area contributed by atoms with Crippen LogP contribution < -0.4 is 37.7 Å². The van der Waals surface area contributed by atoms with Crippen LogP contribution in [0.2, 0.25) is 0 Å². The predicted octanol–water partition coefficient (Wildman–Crippen LogP) is -3.05. The van der Waals surface area contributed by atoms with Gasteiger partial charge in [0.15, 0.2) is 0 Å². The molecule has 0 N–H and O–H groups in total. The van der Waals surface area contributed by atoms with Gasteiger partial charge in [-0.05, 0) is 0 Å². The molecule has 56 valence electrons. The normalized spacial score (nSPS) is 21.7. The molecule has 0 radical (unpaired) electrons. The molecule has 0 spiro atoms. The Morgan fingerprint density at radius 3 is 0.500 bits per heavy atom. The first-order valence-electron chi connectivity index (χ1n) is 1.18. The Bertz CT molecular complexity index is 104. The van der Waals surface area contributed by atoms with Gasteiger partial charge in [-0.25, -0.2) is 0 Å². The summed E-state index contributed by atoms with van der Waals surface area (Å²) in [6, 6.07) is 0. The van der Waals surface area contributed by atoms with E-state index >= 15 is 0 Å². The van der Waals surface area contributed by atoms with E-state index in [2.05, 4.69) is 0 Å². The molecule has 0 amide bonds. The molecule has 0 aliphatic heterocycles. The Balaban J connectivity index is -0.000000245. The van der Waals surface area contributed by atoms with Crippen LogP contribution in [-0.4, -0.2) is 0 Å².